The highest BCUT2D eigenvalue weighted by atomic mass is 16.5. The van der Waals surface area contributed by atoms with Gasteiger partial charge in [-0.3, -0.25) is 14.5 Å². The van der Waals surface area contributed by atoms with Gasteiger partial charge < -0.3 is 14.6 Å². The Morgan fingerprint density at radius 2 is 2.15 bits per heavy atom. The van der Waals surface area contributed by atoms with Crippen LogP contribution in [0.25, 0.3) is 11.0 Å². The molecule has 0 unspecified atom stereocenters. The Balaban J connectivity index is 1.79. The molecule has 0 aliphatic heterocycles. The van der Waals surface area contributed by atoms with Crippen LogP contribution in [-0.4, -0.2) is 50.8 Å². The van der Waals surface area contributed by atoms with Crippen LogP contribution in [-0.2, 0) is 17.8 Å². The molecule has 3 rings (SSSR count). The van der Waals surface area contributed by atoms with E-state index in [0.29, 0.717) is 37.4 Å². The van der Waals surface area contributed by atoms with E-state index >= 15 is 0 Å². The Morgan fingerprint density at radius 1 is 1.35 bits per heavy atom. The van der Waals surface area contributed by atoms with Crippen LogP contribution in [0.3, 0.4) is 0 Å². The molecule has 1 aromatic carbocycles. The number of imidazole rings is 1. The second kappa shape index (κ2) is 7.57. The van der Waals surface area contributed by atoms with Crippen molar-refractivity contribution in [2.45, 2.75) is 26.9 Å². The van der Waals surface area contributed by atoms with Crippen LogP contribution in [0.1, 0.15) is 28.7 Å². The molecule has 0 fully saturated rings. The van der Waals surface area contributed by atoms with Crippen LogP contribution in [0, 0.1) is 6.92 Å². The molecule has 0 saturated carbocycles. The lowest BCUT2D eigenvalue weighted by atomic mass is 10.1. The largest absolute Gasteiger partial charge is 0.380 e. The summed E-state index contributed by atoms with van der Waals surface area (Å²) in [5.41, 5.74) is 3.47. The predicted molar refractivity (Wildman–Crippen MR) is 98.2 cm³/mol. The first kappa shape index (κ1) is 17.9. The number of hydrogen-bond donors (Lipinski definition) is 2. The summed E-state index contributed by atoms with van der Waals surface area (Å²) in [6.07, 6.45) is 0. The van der Waals surface area contributed by atoms with Crippen LogP contribution in [0.4, 0.5) is 0 Å². The van der Waals surface area contributed by atoms with Crippen molar-refractivity contribution in [1.82, 2.24) is 24.6 Å². The van der Waals surface area contributed by atoms with Crippen LogP contribution in [0.2, 0.25) is 0 Å². The maximum absolute atomic E-state index is 12.7. The first-order valence-electron chi connectivity index (χ1n) is 8.56. The zero-order chi connectivity index (χ0) is 18.7. The molecule has 8 heteroatoms. The molecule has 2 aromatic heterocycles. The van der Waals surface area contributed by atoms with E-state index in [1.54, 1.807) is 34.7 Å². The summed E-state index contributed by atoms with van der Waals surface area (Å²) in [6.45, 7) is 5.79. The quantitative estimate of drug-likeness (QED) is 0.629. The number of hydrogen-bond acceptors (Lipinski definition) is 4. The Labute approximate surface area is 150 Å². The third-order valence-corrected chi connectivity index (χ3v) is 4.19. The minimum atomic E-state index is -0.204. The highest BCUT2D eigenvalue weighted by Gasteiger charge is 2.15. The molecule has 138 valence electrons. The van der Waals surface area contributed by atoms with E-state index in [0.717, 1.165) is 16.9 Å². The molecule has 0 aliphatic rings. The Morgan fingerprint density at radius 3 is 2.85 bits per heavy atom. The summed E-state index contributed by atoms with van der Waals surface area (Å²) in [4.78, 5) is 29.2. The smallest absolute Gasteiger partial charge is 0.326 e. The zero-order valence-corrected chi connectivity index (χ0v) is 15.2. The van der Waals surface area contributed by atoms with Gasteiger partial charge in [0.15, 0.2) is 0 Å². The Kier molecular flexibility index (Phi) is 5.22. The molecule has 2 N–H and O–H groups in total. The monoisotopic (exact) mass is 357 g/mol. The number of nitrogens with zero attached hydrogens (tertiary/aromatic N) is 3. The molecule has 0 saturated heterocycles. The van der Waals surface area contributed by atoms with Gasteiger partial charge in [-0.2, -0.15) is 5.10 Å². The van der Waals surface area contributed by atoms with Gasteiger partial charge in [0.1, 0.15) is 0 Å². The summed E-state index contributed by atoms with van der Waals surface area (Å²) >= 11 is 0. The van der Waals surface area contributed by atoms with E-state index in [9.17, 15) is 9.59 Å². The minimum absolute atomic E-state index is 0.129. The summed E-state index contributed by atoms with van der Waals surface area (Å²) < 4.78 is 6.94. The van der Waals surface area contributed by atoms with Crippen molar-refractivity contribution in [1.29, 1.82) is 0 Å². The summed E-state index contributed by atoms with van der Waals surface area (Å²) in [5.74, 6) is -0.129. The van der Waals surface area contributed by atoms with Gasteiger partial charge in [-0.25, -0.2) is 4.79 Å². The maximum atomic E-state index is 12.7. The highest BCUT2D eigenvalue weighted by molar-refractivity contribution is 5.97. The van der Waals surface area contributed by atoms with E-state index < -0.39 is 0 Å². The SMILES string of the molecule is CCOCCn1c(=O)[nH]c2cc(C(=O)N(C)Cc3cc(C)[nH]n3)ccc21. The average molecular weight is 357 g/mol. The molecular weight excluding hydrogens is 334 g/mol. The third-order valence-electron chi connectivity index (χ3n) is 4.19. The fraction of sp³-hybridized carbons (Fsp3) is 0.389. The highest BCUT2D eigenvalue weighted by Crippen LogP contribution is 2.15. The second-order valence-corrected chi connectivity index (χ2v) is 6.21. The second-order valence-electron chi connectivity index (χ2n) is 6.21. The van der Waals surface area contributed by atoms with Crippen LogP contribution >= 0.6 is 0 Å². The number of nitrogens with one attached hydrogen (secondary N) is 2. The molecular formula is C18H23N5O3. The van der Waals surface area contributed by atoms with Crippen LogP contribution in [0.15, 0.2) is 29.1 Å². The molecule has 0 aliphatic carbocycles. The predicted octanol–water partition coefficient (Wildman–Crippen LogP) is 1.67. The van der Waals surface area contributed by atoms with E-state index in [1.807, 2.05) is 19.9 Å². The molecule has 2 heterocycles. The number of carbonyl (C=O) groups excluding carboxylic acids is 1. The average Bonchev–Trinajstić information content (AvgIpc) is 3.16. The number of benzene rings is 1. The maximum Gasteiger partial charge on any atom is 0.326 e. The lowest BCUT2D eigenvalue weighted by Crippen LogP contribution is -2.26. The Hall–Kier alpha value is -2.87. The first-order chi connectivity index (χ1) is 12.5. The number of fused-ring (bicyclic) bond motifs is 1. The normalized spacial score (nSPS) is 11.2. The Bertz CT molecular complexity index is 969. The van der Waals surface area contributed by atoms with Gasteiger partial charge in [-0.15, -0.1) is 0 Å². The third kappa shape index (κ3) is 3.70. The fourth-order valence-electron chi connectivity index (χ4n) is 2.91. The minimum Gasteiger partial charge on any atom is -0.380 e. The van der Waals surface area contributed by atoms with Crippen molar-refractivity contribution in [2.24, 2.45) is 0 Å². The zero-order valence-electron chi connectivity index (χ0n) is 15.2. The molecule has 0 radical (unpaired) electrons. The molecule has 0 spiro atoms. The van der Waals surface area contributed by atoms with Gasteiger partial charge in [0.2, 0.25) is 0 Å². The number of ether oxygens (including phenoxy) is 1. The van der Waals surface area contributed by atoms with E-state index in [1.165, 1.54) is 0 Å². The van der Waals surface area contributed by atoms with Crippen LogP contribution in [0.5, 0.6) is 0 Å². The van der Waals surface area contributed by atoms with Gasteiger partial charge in [-0.1, -0.05) is 0 Å². The van der Waals surface area contributed by atoms with Crippen LogP contribution < -0.4 is 5.69 Å². The van der Waals surface area contributed by atoms with Crippen molar-refractivity contribution < 1.29 is 9.53 Å². The van der Waals surface area contributed by atoms with Gasteiger partial charge >= 0.3 is 5.69 Å². The molecule has 0 atom stereocenters. The van der Waals surface area contributed by atoms with Crippen molar-refractivity contribution in [2.75, 3.05) is 20.3 Å². The fourth-order valence-corrected chi connectivity index (χ4v) is 2.91. The lowest BCUT2D eigenvalue weighted by molar-refractivity contribution is 0.0783. The van der Waals surface area contributed by atoms with E-state index in [2.05, 4.69) is 15.2 Å². The molecule has 0 bridgehead atoms. The number of H-pyrrole nitrogens is 2. The van der Waals surface area contributed by atoms with E-state index in [4.69, 9.17) is 4.74 Å². The number of carbonyl (C=O) groups is 1. The molecule has 8 nitrogen and oxygen atoms in total. The van der Waals surface area contributed by atoms with Crippen molar-refractivity contribution in [3.63, 3.8) is 0 Å². The lowest BCUT2D eigenvalue weighted by Gasteiger charge is -2.16. The number of aromatic nitrogens is 4. The van der Waals surface area contributed by atoms with Gasteiger partial charge in [0.05, 0.1) is 36.4 Å². The molecule has 3 aromatic rings. The number of aryl methyl sites for hydroxylation is 1. The number of aromatic amines is 2. The van der Waals surface area contributed by atoms with Gasteiger partial charge in [0.25, 0.3) is 5.91 Å². The van der Waals surface area contributed by atoms with Gasteiger partial charge in [-0.05, 0) is 38.1 Å². The molecule has 1 amide bonds. The van der Waals surface area contributed by atoms with E-state index in [-0.39, 0.29) is 11.6 Å². The first-order valence-corrected chi connectivity index (χ1v) is 8.56. The topological polar surface area (TPSA) is 96.0 Å². The summed E-state index contributed by atoms with van der Waals surface area (Å²) in [7, 11) is 1.73. The standard InChI is InChI=1S/C18H23N5O3/c1-4-26-8-7-23-16-6-5-13(10-15(16)19-18(23)25)17(24)22(3)11-14-9-12(2)20-21-14/h5-6,9-10H,4,7-8,11H2,1-3H3,(H,19,25)(H,20,21). The van der Waals surface area contributed by atoms with Crippen molar-refractivity contribution in [3.8, 4) is 0 Å². The summed E-state index contributed by atoms with van der Waals surface area (Å²) in [6, 6.07) is 7.14. The van der Waals surface area contributed by atoms with Crippen molar-refractivity contribution in [3.05, 3.63) is 51.7 Å². The summed E-state index contributed by atoms with van der Waals surface area (Å²) in [5, 5.41) is 7.02. The number of rotatable bonds is 7. The molecule has 26 heavy (non-hydrogen) atoms. The van der Waals surface area contributed by atoms with Gasteiger partial charge in [0, 0.05) is 24.9 Å². The van der Waals surface area contributed by atoms with Crippen molar-refractivity contribution >= 4 is 16.9 Å². The number of amides is 1.